The molecular weight excluding hydrogens is 226 g/mol. The van der Waals surface area contributed by atoms with E-state index in [-0.39, 0.29) is 6.42 Å². The molecule has 2 N–H and O–H groups in total. The molecule has 1 aliphatic heterocycles. The number of carboxylic acid groups (broad SMARTS) is 1. The molecule has 1 fully saturated rings. The average molecular weight is 245 g/mol. The van der Waals surface area contributed by atoms with Crippen LogP contribution in [0.1, 0.15) is 34.1 Å². The molecule has 0 radical (unpaired) electrons. The fourth-order valence-corrected chi connectivity index (χ4v) is 1.84. The second kappa shape index (κ2) is 4.52. The average Bonchev–Trinajstić information content (AvgIpc) is 2.40. The van der Waals surface area contributed by atoms with E-state index in [2.05, 4.69) is 0 Å². The van der Waals surface area contributed by atoms with Gasteiger partial charge in [0.15, 0.2) is 0 Å². The predicted octanol–water partition coefficient (Wildman–Crippen LogP) is 0.830. The van der Waals surface area contributed by atoms with E-state index in [1.54, 1.807) is 27.7 Å². The minimum Gasteiger partial charge on any atom is -0.480 e. The first-order chi connectivity index (χ1) is 7.63. The zero-order valence-corrected chi connectivity index (χ0v) is 10.5. The van der Waals surface area contributed by atoms with Crippen LogP contribution in [0.15, 0.2) is 0 Å². The Morgan fingerprint density at radius 1 is 1.35 bits per heavy atom. The Kier molecular flexibility index (Phi) is 3.66. The van der Waals surface area contributed by atoms with Crippen LogP contribution >= 0.6 is 0 Å². The third-order valence-corrected chi connectivity index (χ3v) is 2.69. The van der Waals surface area contributed by atoms with Crippen molar-refractivity contribution in [3.8, 4) is 0 Å². The minimum absolute atomic E-state index is 0.0374. The van der Waals surface area contributed by atoms with Crippen molar-refractivity contribution in [3.63, 3.8) is 0 Å². The lowest BCUT2D eigenvalue weighted by atomic mass is 10.1. The summed E-state index contributed by atoms with van der Waals surface area (Å²) in [6, 6.07) is -1.57. The first-order valence-corrected chi connectivity index (χ1v) is 5.55. The minimum atomic E-state index is -1.13. The maximum Gasteiger partial charge on any atom is 0.411 e. The van der Waals surface area contributed by atoms with Crippen LogP contribution in [-0.2, 0) is 9.53 Å². The van der Waals surface area contributed by atoms with Crippen molar-refractivity contribution in [2.24, 2.45) is 0 Å². The van der Waals surface area contributed by atoms with Crippen LogP contribution in [0.5, 0.6) is 0 Å². The predicted molar refractivity (Wildman–Crippen MR) is 59.6 cm³/mol. The van der Waals surface area contributed by atoms with Gasteiger partial charge in [-0.15, -0.1) is 0 Å². The summed E-state index contributed by atoms with van der Waals surface area (Å²) in [7, 11) is 0. The smallest absolute Gasteiger partial charge is 0.411 e. The van der Waals surface area contributed by atoms with E-state index in [4.69, 9.17) is 9.84 Å². The lowest BCUT2D eigenvalue weighted by Crippen LogP contribution is -2.47. The molecule has 0 aromatic carbocycles. The monoisotopic (exact) mass is 245 g/mol. The van der Waals surface area contributed by atoms with E-state index in [9.17, 15) is 14.7 Å². The summed E-state index contributed by atoms with van der Waals surface area (Å²) in [4.78, 5) is 24.0. The zero-order valence-electron chi connectivity index (χ0n) is 10.5. The normalized spacial score (nSPS) is 29.2. The lowest BCUT2D eigenvalue weighted by Gasteiger charge is -2.29. The van der Waals surface area contributed by atoms with Crippen molar-refractivity contribution in [2.75, 3.05) is 0 Å². The Morgan fingerprint density at radius 3 is 2.29 bits per heavy atom. The second-order valence-corrected chi connectivity index (χ2v) is 5.29. The highest BCUT2D eigenvalue weighted by atomic mass is 16.6. The summed E-state index contributed by atoms with van der Waals surface area (Å²) in [5.41, 5.74) is -0.687. The van der Waals surface area contributed by atoms with Gasteiger partial charge in [0, 0.05) is 6.42 Å². The second-order valence-electron chi connectivity index (χ2n) is 5.29. The molecule has 0 spiro atoms. The molecule has 6 heteroatoms. The van der Waals surface area contributed by atoms with Crippen LogP contribution in [0, 0.1) is 0 Å². The molecule has 0 saturated carbocycles. The number of nitrogens with zero attached hydrogens (tertiary/aromatic N) is 1. The maximum atomic E-state index is 11.9. The van der Waals surface area contributed by atoms with Crippen molar-refractivity contribution in [2.45, 2.75) is 57.9 Å². The van der Waals surface area contributed by atoms with Gasteiger partial charge in [-0.1, -0.05) is 0 Å². The number of aliphatic hydroxyl groups excluding tert-OH is 1. The molecule has 3 atom stereocenters. The van der Waals surface area contributed by atoms with E-state index in [0.717, 1.165) is 4.90 Å². The SMILES string of the molecule is CC1C(O)CC(C(=O)O)N1C(=O)OC(C)(C)C. The van der Waals surface area contributed by atoms with Gasteiger partial charge in [-0.2, -0.15) is 0 Å². The summed E-state index contributed by atoms with van der Waals surface area (Å²) >= 11 is 0. The Hall–Kier alpha value is -1.30. The molecule has 1 rings (SSSR count). The zero-order chi connectivity index (χ0) is 13.4. The fourth-order valence-electron chi connectivity index (χ4n) is 1.84. The van der Waals surface area contributed by atoms with Gasteiger partial charge >= 0.3 is 12.1 Å². The number of rotatable bonds is 1. The number of carbonyl (C=O) groups excluding carboxylic acids is 1. The molecule has 6 nitrogen and oxygen atoms in total. The molecule has 98 valence electrons. The van der Waals surface area contributed by atoms with Crippen LogP contribution in [0.2, 0.25) is 0 Å². The molecule has 0 bridgehead atoms. The first-order valence-electron chi connectivity index (χ1n) is 5.55. The highest BCUT2D eigenvalue weighted by molar-refractivity contribution is 5.81. The molecule has 1 aliphatic rings. The standard InChI is InChI=1S/C11H19NO5/c1-6-8(13)5-7(9(14)15)12(6)10(16)17-11(2,3)4/h6-8,13H,5H2,1-4H3,(H,14,15). The Bertz CT molecular complexity index is 322. The molecule has 17 heavy (non-hydrogen) atoms. The summed E-state index contributed by atoms with van der Waals surface area (Å²) in [5.74, 6) is -1.13. The van der Waals surface area contributed by atoms with Gasteiger partial charge in [0.2, 0.25) is 0 Å². The van der Waals surface area contributed by atoms with Crippen molar-refractivity contribution in [3.05, 3.63) is 0 Å². The van der Waals surface area contributed by atoms with Gasteiger partial charge in [-0.25, -0.2) is 9.59 Å². The number of aliphatic carboxylic acids is 1. The number of ether oxygens (including phenoxy) is 1. The highest BCUT2D eigenvalue weighted by Gasteiger charge is 2.45. The number of hydrogen-bond donors (Lipinski definition) is 2. The number of carbonyl (C=O) groups is 2. The number of amides is 1. The Labute approximate surface area is 100 Å². The van der Waals surface area contributed by atoms with Gasteiger partial charge in [0.05, 0.1) is 12.1 Å². The largest absolute Gasteiger partial charge is 0.480 e. The molecule has 1 saturated heterocycles. The highest BCUT2D eigenvalue weighted by Crippen LogP contribution is 2.26. The summed E-state index contributed by atoms with van der Waals surface area (Å²) in [6.07, 6.45) is -1.49. The van der Waals surface area contributed by atoms with Crippen molar-refractivity contribution in [1.82, 2.24) is 4.90 Å². The molecule has 0 aromatic rings. The summed E-state index contributed by atoms with van der Waals surface area (Å²) < 4.78 is 5.13. The van der Waals surface area contributed by atoms with Gasteiger partial charge in [-0.3, -0.25) is 4.90 Å². The fraction of sp³-hybridized carbons (Fsp3) is 0.818. The van der Waals surface area contributed by atoms with Gasteiger partial charge in [-0.05, 0) is 27.7 Å². The van der Waals surface area contributed by atoms with Crippen LogP contribution in [0.3, 0.4) is 0 Å². The van der Waals surface area contributed by atoms with Crippen molar-refractivity contribution >= 4 is 12.1 Å². The topological polar surface area (TPSA) is 87.1 Å². The van der Waals surface area contributed by atoms with Gasteiger partial charge in [0.1, 0.15) is 11.6 Å². The van der Waals surface area contributed by atoms with E-state index in [1.807, 2.05) is 0 Å². The Balaban J connectivity index is 2.85. The molecule has 0 aliphatic carbocycles. The number of aliphatic hydroxyl groups is 1. The number of carboxylic acids is 1. The van der Waals surface area contributed by atoms with E-state index in [1.165, 1.54) is 0 Å². The first kappa shape index (κ1) is 13.8. The van der Waals surface area contributed by atoms with Crippen molar-refractivity contribution in [1.29, 1.82) is 0 Å². The van der Waals surface area contributed by atoms with E-state index >= 15 is 0 Å². The molecule has 1 heterocycles. The summed E-state index contributed by atoms with van der Waals surface area (Å²) in [5, 5.41) is 18.6. The third-order valence-electron chi connectivity index (χ3n) is 2.69. The van der Waals surface area contributed by atoms with Crippen LogP contribution in [0.4, 0.5) is 4.79 Å². The Morgan fingerprint density at radius 2 is 1.88 bits per heavy atom. The van der Waals surface area contributed by atoms with E-state index < -0.39 is 35.9 Å². The third kappa shape index (κ3) is 3.09. The van der Waals surface area contributed by atoms with Gasteiger partial charge in [0.25, 0.3) is 0 Å². The number of likely N-dealkylation sites (tertiary alicyclic amines) is 1. The quantitative estimate of drug-likeness (QED) is 0.714. The maximum absolute atomic E-state index is 11.9. The molecule has 0 aromatic heterocycles. The van der Waals surface area contributed by atoms with Crippen LogP contribution < -0.4 is 0 Å². The molecular formula is C11H19NO5. The van der Waals surface area contributed by atoms with Crippen LogP contribution in [0.25, 0.3) is 0 Å². The lowest BCUT2D eigenvalue weighted by molar-refractivity contribution is -0.142. The van der Waals surface area contributed by atoms with Crippen LogP contribution in [-0.4, -0.2) is 51.0 Å². The molecule has 1 amide bonds. The van der Waals surface area contributed by atoms with E-state index in [0.29, 0.717) is 0 Å². The van der Waals surface area contributed by atoms with Gasteiger partial charge < -0.3 is 14.9 Å². The number of hydrogen-bond acceptors (Lipinski definition) is 4. The molecule has 3 unspecified atom stereocenters. The van der Waals surface area contributed by atoms with Crippen molar-refractivity contribution < 1.29 is 24.5 Å². The summed E-state index contributed by atoms with van der Waals surface area (Å²) in [6.45, 7) is 6.73.